The van der Waals surface area contributed by atoms with Gasteiger partial charge in [-0.3, -0.25) is 0 Å². The van der Waals surface area contributed by atoms with Gasteiger partial charge < -0.3 is 14.6 Å². The van der Waals surface area contributed by atoms with E-state index in [2.05, 4.69) is 13.8 Å². The molecule has 0 unspecified atom stereocenters. The zero-order valence-electron chi connectivity index (χ0n) is 8.95. The highest BCUT2D eigenvalue weighted by Gasteiger charge is 2.17. The Morgan fingerprint density at radius 1 is 1.15 bits per heavy atom. The molecule has 0 aliphatic heterocycles. The molecular formula is C10H22O3. The van der Waals surface area contributed by atoms with Crippen LogP contribution in [0.3, 0.4) is 0 Å². The van der Waals surface area contributed by atoms with Gasteiger partial charge in [0, 0.05) is 7.11 Å². The van der Waals surface area contributed by atoms with Crippen molar-refractivity contribution in [2.24, 2.45) is 0 Å². The van der Waals surface area contributed by atoms with E-state index in [1.165, 1.54) is 0 Å². The van der Waals surface area contributed by atoms with E-state index >= 15 is 0 Å². The molecule has 0 radical (unpaired) electrons. The highest BCUT2D eigenvalue weighted by molar-refractivity contribution is 4.67. The first-order valence-electron chi connectivity index (χ1n) is 5.04. The molecule has 0 heterocycles. The van der Waals surface area contributed by atoms with Crippen LogP contribution in [0.2, 0.25) is 0 Å². The van der Waals surface area contributed by atoms with Gasteiger partial charge in [-0.1, -0.05) is 26.7 Å². The molecule has 0 rings (SSSR count). The third kappa shape index (κ3) is 6.02. The number of aliphatic hydroxyl groups is 1. The van der Waals surface area contributed by atoms with Crippen LogP contribution in [0.5, 0.6) is 0 Å². The van der Waals surface area contributed by atoms with Crippen molar-refractivity contribution >= 4 is 0 Å². The Balaban J connectivity index is 3.75. The maximum atomic E-state index is 9.69. The van der Waals surface area contributed by atoms with E-state index in [-0.39, 0.29) is 19.0 Å². The predicted molar refractivity (Wildman–Crippen MR) is 52.6 cm³/mol. The molecule has 1 N–H and O–H groups in total. The number of ether oxygens (including phenoxy) is 2. The lowest BCUT2D eigenvalue weighted by Gasteiger charge is -2.22. The number of hydrogen-bond donors (Lipinski definition) is 1. The average Bonchev–Trinajstić information content (AvgIpc) is 2.12. The molecule has 0 spiro atoms. The Hall–Kier alpha value is -0.120. The van der Waals surface area contributed by atoms with Gasteiger partial charge >= 0.3 is 0 Å². The zero-order chi connectivity index (χ0) is 10.1. The lowest BCUT2D eigenvalue weighted by atomic mass is 10.0. The van der Waals surface area contributed by atoms with E-state index in [0.29, 0.717) is 0 Å². The summed E-state index contributed by atoms with van der Waals surface area (Å²) in [6.45, 7) is 4.41. The summed E-state index contributed by atoms with van der Waals surface area (Å²) in [6.07, 6.45) is 3.29. The quantitative estimate of drug-likeness (QED) is 0.594. The van der Waals surface area contributed by atoms with E-state index in [1.54, 1.807) is 7.11 Å². The van der Waals surface area contributed by atoms with E-state index in [9.17, 15) is 5.11 Å². The van der Waals surface area contributed by atoms with Gasteiger partial charge in [0.15, 0.2) is 0 Å². The highest BCUT2D eigenvalue weighted by atomic mass is 16.7. The molecule has 0 aromatic rings. The van der Waals surface area contributed by atoms with Crippen molar-refractivity contribution in [3.63, 3.8) is 0 Å². The second kappa shape index (κ2) is 8.48. The number of methoxy groups -OCH3 is 1. The zero-order valence-corrected chi connectivity index (χ0v) is 8.95. The summed E-state index contributed by atoms with van der Waals surface area (Å²) in [5, 5.41) is 9.69. The Labute approximate surface area is 81.0 Å². The van der Waals surface area contributed by atoms with Crippen molar-refractivity contribution in [1.82, 2.24) is 0 Å². The van der Waals surface area contributed by atoms with Crippen molar-refractivity contribution in [3.8, 4) is 0 Å². The smallest absolute Gasteiger partial charge is 0.146 e. The normalized spacial score (nSPS) is 15.7. The topological polar surface area (TPSA) is 38.7 Å². The maximum absolute atomic E-state index is 9.69. The van der Waals surface area contributed by atoms with E-state index in [4.69, 9.17) is 9.47 Å². The number of rotatable bonds is 8. The van der Waals surface area contributed by atoms with Gasteiger partial charge in [-0.05, 0) is 12.8 Å². The summed E-state index contributed by atoms with van der Waals surface area (Å²) >= 11 is 0. The largest absolute Gasteiger partial charge is 0.390 e. The van der Waals surface area contributed by atoms with Crippen LogP contribution in [-0.2, 0) is 9.47 Å². The third-order valence-electron chi connectivity index (χ3n) is 1.99. The molecule has 0 saturated heterocycles. The van der Waals surface area contributed by atoms with Crippen molar-refractivity contribution in [3.05, 3.63) is 0 Å². The van der Waals surface area contributed by atoms with Gasteiger partial charge in [0.1, 0.15) is 6.79 Å². The molecule has 0 aliphatic carbocycles. The second-order valence-corrected chi connectivity index (χ2v) is 3.26. The lowest BCUT2D eigenvalue weighted by Crippen LogP contribution is -2.29. The van der Waals surface area contributed by atoms with Crippen LogP contribution in [0.15, 0.2) is 0 Å². The summed E-state index contributed by atoms with van der Waals surface area (Å²) in [4.78, 5) is 0. The second-order valence-electron chi connectivity index (χ2n) is 3.26. The molecule has 0 aromatic carbocycles. The molecule has 3 heteroatoms. The Bertz CT molecular complexity index is 106. The first kappa shape index (κ1) is 12.9. The SMILES string of the molecule is CCC[C@H](O)[C@@H](CCC)OCOC. The van der Waals surface area contributed by atoms with Gasteiger partial charge in [-0.25, -0.2) is 0 Å². The van der Waals surface area contributed by atoms with Crippen LogP contribution < -0.4 is 0 Å². The Morgan fingerprint density at radius 2 is 1.77 bits per heavy atom. The van der Waals surface area contributed by atoms with Gasteiger partial charge in [-0.2, -0.15) is 0 Å². The van der Waals surface area contributed by atoms with E-state index < -0.39 is 0 Å². The summed E-state index contributed by atoms with van der Waals surface area (Å²) in [7, 11) is 1.59. The predicted octanol–water partition coefficient (Wildman–Crippen LogP) is 1.94. The minimum Gasteiger partial charge on any atom is -0.390 e. The average molecular weight is 190 g/mol. The van der Waals surface area contributed by atoms with Crippen molar-refractivity contribution in [2.75, 3.05) is 13.9 Å². The molecule has 0 bridgehead atoms. The Morgan fingerprint density at radius 3 is 2.23 bits per heavy atom. The molecule has 0 fully saturated rings. The number of aliphatic hydroxyl groups excluding tert-OH is 1. The minimum atomic E-state index is -0.347. The fraction of sp³-hybridized carbons (Fsp3) is 1.00. The highest BCUT2D eigenvalue weighted by Crippen LogP contribution is 2.11. The molecule has 0 aliphatic rings. The maximum Gasteiger partial charge on any atom is 0.146 e. The molecule has 2 atom stereocenters. The van der Waals surface area contributed by atoms with Gasteiger partial charge in [0.25, 0.3) is 0 Å². The molecule has 0 amide bonds. The van der Waals surface area contributed by atoms with Crippen LogP contribution in [0.4, 0.5) is 0 Å². The monoisotopic (exact) mass is 190 g/mol. The summed E-state index contributed by atoms with van der Waals surface area (Å²) in [6, 6.07) is 0. The van der Waals surface area contributed by atoms with Crippen LogP contribution in [0.25, 0.3) is 0 Å². The molecule has 80 valence electrons. The molecule has 3 nitrogen and oxygen atoms in total. The van der Waals surface area contributed by atoms with Crippen LogP contribution >= 0.6 is 0 Å². The van der Waals surface area contributed by atoms with E-state index in [1.807, 2.05) is 0 Å². The lowest BCUT2D eigenvalue weighted by molar-refractivity contribution is -0.116. The summed E-state index contributed by atoms with van der Waals surface area (Å²) in [5.74, 6) is 0. The summed E-state index contributed by atoms with van der Waals surface area (Å²) < 4.78 is 10.2. The van der Waals surface area contributed by atoms with Gasteiger partial charge in [-0.15, -0.1) is 0 Å². The Kier molecular flexibility index (Phi) is 8.40. The fourth-order valence-electron chi connectivity index (χ4n) is 1.31. The summed E-state index contributed by atoms with van der Waals surface area (Å²) in [5.41, 5.74) is 0. The molecule has 0 aromatic heterocycles. The van der Waals surface area contributed by atoms with Crippen LogP contribution in [-0.4, -0.2) is 31.2 Å². The van der Waals surface area contributed by atoms with Crippen LogP contribution in [0, 0.1) is 0 Å². The van der Waals surface area contributed by atoms with Gasteiger partial charge in [0.2, 0.25) is 0 Å². The van der Waals surface area contributed by atoms with Crippen molar-refractivity contribution in [2.45, 2.75) is 51.7 Å². The fourth-order valence-corrected chi connectivity index (χ4v) is 1.31. The van der Waals surface area contributed by atoms with Crippen molar-refractivity contribution < 1.29 is 14.6 Å². The van der Waals surface area contributed by atoms with Crippen LogP contribution in [0.1, 0.15) is 39.5 Å². The standard InChI is InChI=1S/C10H22O3/c1-4-6-9(11)10(7-5-2)13-8-12-3/h9-11H,4-8H2,1-3H3/t9-,10+/m0/s1. The third-order valence-corrected chi connectivity index (χ3v) is 1.99. The molecule has 13 heavy (non-hydrogen) atoms. The molecular weight excluding hydrogens is 168 g/mol. The first-order valence-corrected chi connectivity index (χ1v) is 5.04. The van der Waals surface area contributed by atoms with Gasteiger partial charge in [0.05, 0.1) is 12.2 Å². The minimum absolute atomic E-state index is 0.0649. The first-order chi connectivity index (χ1) is 6.26. The molecule has 0 saturated carbocycles. The van der Waals surface area contributed by atoms with Crippen molar-refractivity contribution in [1.29, 1.82) is 0 Å². The number of hydrogen-bond acceptors (Lipinski definition) is 3. The van der Waals surface area contributed by atoms with E-state index in [0.717, 1.165) is 25.7 Å².